The lowest BCUT2D eigenvalue weighted by atomic mass is 10.1. The average molecular weight is 244 g/mol. The number of para-hydroxylation sites is 1. The summed E-state index contributed by atoms with van der Waals surface area (Å²) in [6.07, 6.45) is 0. The highest BCUT2D eigenvalue weighted by Gasteiger charge is 2.05. The van der Waals surface area contributed by atoms with Crippen LogP contribution in [-0.2, 0) is 0 Å². The third-order valence-corrected chi connectivity index (χ3v) is 2.62. The number of ketones is 1. The van der Waals surface area contributed by atoms with Gasteiger partial charge in [-0.2, -0.15) is 0 Å². The zero-order valence-electron chi connectivity index (χ0n) is 9.91. The lowest BCUT2D eigenvalue weighted by Crippen LogP contribution is -1.99. The van der Waals surface area contributed by atoms with Gasteiger partial charge in [0.1, 0.15) is 5.82 Å². The van der Waals surface area contributed by atoms with Crippen LogP contribution in [0.5, 0.6) is 0 Å². The molecule has 0 fully saturated rings. The summed E-state index contributed by atoms with van der Waals surface area (Å²) in [6.45, 7) is 1.51. The first-order valence-electron chi connectivity index (χ1n) is 5.50. The van der Waals surface area contributed by atoms with Crippen molar-refractivity contribution in [2.45, 2.75) is 6.92 Å². The maximum atomic E-state index is 13.2. The van der Waals surface area contributed by atoms with E-state index in [0.717, 1.165) is 5.69 Å². The predicted molar refractivity (Wildman–Crippen MR) is 70.5 cm³/mol. The third kappa shape index (κ3) is 2.48. The summed E-state index contributed by atoms with van der Waals surface area (Å²) >= 11 is 0. The highest BCUT2D eigenvalue weighted by atomic mass is 19.1. The molecule has 4 heteroatoms. The van der Waals surface area contributed by atoms with Crippen LogP contribution in [0, 0.1) is 5.82 Å². The van der Waals surface area contributed by atoms with E-state index in [4.69, 9.17) is 5.73 Å². The fourth-order valence-electron chi connectivity index (χ4n) is 1.59. The number of benzene rings is 2. The molecular formula is C14H13FN2O. The van der Waals surface area contributed by atoms with Gasteiger partial charge in [-0.05, 0) is 43.3 Å². The molecule has 2 aromatic carbocycles. The van der Waals surface area contributed by atoms with Crippen molar-refractivity contribution < 1.29 is 9.18 Å². The summed E-state index contributed by atoms with van der Waals surface area (Å²) < 4.78 is 13.2. The van der Waals surface area contributed by atoms with Crippen LogP contribution in [0.25, 0.3) is 0 Å². The van der Waals surface area contributed by atoms with Crippen molar-refractivity contribution in [1.29, 1.82) is 0 Å². The van der Waals surface area contributed by atoms with Gasteiger partial charge in [0.15, 0.2) is 5.78 Å². The van der Waals surface area contributed by atoms with E-state index in [0.29, 0.717) is 11.3 Å². The molecule has 0 saturated heterocycles. The molecule has 0 spiro atoms. The Labute approximate surface area is 104 Å². The second kappa shape index (κ2) is 4.87. The first-order chi connectivity index (χ1) is 8.58. The zero-order chi connectivity index (χ0) is 13.1. The highest BCUT2D eigenvalue weighted by Crippen LogP contribution is 2.25. The molecule has 0 aliphatic rings. The summed E-state index contributed by atoms with van der Waals surface area (Å²) in [4.78, 5) is 11.1. The number of nitrogens with two attached hydrogens (primary N) is 1. The zero-order valence-corrected chi connectivity index (χ0v) is 9.91. The fraction of sp³-hybridized carbons (Fsp3) is 0.0714. The van der Waals surface area contributed by atoms with E-state index in [9.17, 15) is 9.18 Å². The van der Waals surface area contributed by atoms with E-state index in [-0.39, 0.29) is 11.5 Å². The topological polar surface area (TPSA) is 55.1 Å². The molecule has 3 nitrogen and oxygen atoms in total. The largest absolute Gasteiger partial charge is 0.395 e. The minimum Gasteiger partial charge on any atom is -0.395 e. The molecule has 18 heavy (non-hydrogen) atoms. The summed E-state index contributed by atoms with van der Waals surface area (Å²) in [5, 5.41) is 3.00. The van der Waals surface area contributed by atoms with Crippen LogP contribution in [0.2, 0.25) is 0 Å². The van der Waals surface area contributed by atoms with Gasteiger partial charge in [-0.15, -0.1) is 0 Å². The molecule has 2 aromatic rings. The van der Waals surface area contributed by atoms with E-state index < -0.39 is 5.82 Å². The molecule has 2 rings (SSSR count). The van der Waals surface area contributed by atoms with Gasteiger partial charge in [0.2, 0.25) is 0 Å². The summed E-state index contributed by atoms with van der Waals surface area (Å²) in [5.41, 5.74) is 7.58. The van der Waals surface area contributed by atoms with E-state index in [1.54, 1.807) is 36.4 Å². The number of anilines is 3. The predicted octanol–water partition coefficient (Wildman–Crippen LogP) is 3.35. The van der Waals surface area contributed by atoms with Gasteiger partial charge in [0.25, 0.3) is 0 Å². The van der Waals surface area contributed by atoms with Crippen LogP contribution in [0.15, 0.2) is 42.5 Å². The van der Waals surface area contributed by atoms with Crippen molar-refractivity contribution in [3.05, 3.63) is 53.8 Å². The van der Waals surface area contributed by atoms with Crippen LogP contribution in [-0.4, -0.2) is 5.78 Å². The standard InChI is InChI=1S/C14H13FN2O/c1-9(18)10-5-7-11(8-6-10)17-13-4-2-3-12(15)14(13)16/h2-8,17H,16H2,1H3. The van der Waals surface area contributed by atoms with Gasteiger partial charge in [0.05, 0.1) is 11.4 Å². The lowest BCUT2D eigenvalue weighted by Gasteiger charge is -2.10. The molecule has 0 unspecified atom stereocenters. The number of nitrogen functional groups attached to an aromatic ring is 1. The molecule has 0 aromatic heterocycles. The second-order valence-electron chi connectivity index (χ2n) is 3.96. The maximum absolute atomic E-state index is 13.2. The number of carbonyl (C=O) groups is 1. The van der Waals surface area contributed by atoms with Crippen LogP contribution in [0.4, 0.5) is 21.5 Å². The molecule has 0 bridgehead atoms. The van der Waals surface area contributed by atoms with Crippen molar-refractivity contribution in [1.82, 2.24) is 0 Å². The monoisotopic (exact) mass is 244 g/mol. The summed E-state index contributed by atoms with van der Waals surface area (Å²) in [7, 11) is 0. The molecular weight excluding hydrogens is 231 g/mol. The third-order valence-electron chi connectivity index (χ3n) is 2.62. The van der Waals surface area contributed by atoms with E-state index in [1.807, 2.05) is 0 Å². The molecule has 0 aliphatic heterocycles. The molecule has 0 heterocycles. The minimum absolute atomic E-state index is 0.00631. The normalized spacial score (nSPS) is 10.1. The highest BCUT2D eigenvalue weighted by molar-refractivity contribution is 5.94. The average Bonchev–Trinajstić information content (AvgIpc) is 2.36. The van der Waals surface area contributed by atoms with Gasteiger partial charge in [0, 0.05) is 11.3 Å². The fourth-order valence-corrected chi connectivity index (χ4v) is 1.59. The Morgan fingerprint density at radius 2 is 1.83 bits per heavy atom. The van der Waals surface area contributed by atoms with E-state index in [1.165, 1.54) is 13.0 Å². The number of hydrogen-bond acceptors (Lipinski definition) is 3. The number of nitrogens with one attached hydrogen (secondary N) is 1. The molecule has 0 aliphatic carbocycles. The Hall–Kier alpha value is -2.36. The first-order valence-corrected chi connectivity index (χ1v) is 5.50. The SMILES string of the molecule is CC(=O)c1ccc(Nc2cccc(F)c2N)cc1. The number of rotatable bonds is 3. The Morgan fingerprint density at radius 1 is 1.17 bits per heavy atom. The smallest absolute Gasteiger partial charge is 0.159 e. The van der Waals surface area contributed by atoms with E-state index >= 15 is 0 Å². The quantitative estimate of drug-likeness (QED) is 0.643. The van der Waals surface area contributed by atoms with Gasteiger partial charge in [-0.25, -0.2) is 4.39 Å². The molecule has 92 valence electrons. The lowest BCUT2D eigenvalue weighted by molar-refractivity contribution is 0.101. The van der Waals surface area contributed by atoms with Crippen molar-refractivity contribution in [3.8, 4) is 0 Å². The molecule has 0 atom stereocenters. The number of hydrogen-bond donors (Lipinski definition) is 2. The maximum Gasteiger partial charge on any atom is 0.159 e. The van der Waals surface area contributed by atoms with Gasteiger partial charge in [-0.3, -0.25) is 4.79 Å². The van der Waals surface area contributed by atoms with Gasteiger partial charge < -0.3 is 11.1 Å². The second-order valence-corrected chi connectivity index (χ2v) is 3.96. The Bertz CT molecular complexity index is 579. The number of carbonyl (C=O) groups excluding carboxylic acids is 1. The van der Waals surface area contributed by atoms with Crippen molar-refractivity contribution in [2.24, 2.45) is 0 Å². The van der Waals surface area contributed by atoms with Crippen molar-refractivity contribution in [2.75, 3.05) is 11.1 Å². The van der Waals surface area contributed by atoms with Crippen LogP contribution < -0.4 is 11.1 Å². The molecule has 0 amide bonds. The minimum atomic E-state index is -0.458. The van der Waals surface area contributed by atoms with Crippen LogP contribution in [0.3, 0.4) is 0 Å². The van der Waals surface area contributed by atoms with Crippen LogP contribution >= 0.6 is 0 Å². The van der Waals surface area contributed by atoms with Gasteiger partial charge in [-0.1, -0.05) is 6.07 Å². The van der Waals surface area contributed by atoms with E-state index in [2.05, 4.69) is 5.32 Å². The molecule has 3 N–H and O–H groups in total. The van der Waals surface area contributed by atoms with Crippen LogP contribution in [0.1, 0.15) is 17.3 Å². The van der Waals surface area contributed by atoms with Crippen molar-refractivity contribution in [3.63, 3.8) is 0 Å². The number of Topliss-reactive ketones (excluding diaryl/α,β-unsaturated/α-hetero) is 1. The summed E-state index contributed by atoms with van der Waals surface area (Å²) in [5.74, 6) is -0.452. The number of halogens is 1. The first kappa shape index (κ1) is 12.1. The van der Waals surface area contributed by atoms with Crippen molar-refractivity contribution >= 4 is 22.8 Å². The Kier molecular flexibility index (Phi) is 3.28. The van der Waals surface area contributed by atoms with Gasteiger partial charge >= 0.3 is 0 Å². The summed E-state index contributed by atoms with van der Waals surface area (Å²) in [6, 6.07) is 11.5. The molecule has 0 saturated carbocycles. The Balaban J connectivity index is 2.24. The molecule has 0 radical (unpaired) electrons. The Morgan fingerprint density at radius 3 is 2.44 bits per heavy atom.